The predicted octanol–water partition coefficient (Wildman–Crippen LogP) is 3.92. The topological polar surface area (TPSA) is 65.2 Å². The molecule has 2 heterocycles. The molecule has 3 aromatic carbocycles. The lowest BCUT2D eigenvalue weighted by Gasteiger charge is -2.35. The molecule has 1 aliphatic heterocycles. The van der Waals surface area contributed by atoms with Crippen LogP contribution < -0.4 is 4.90 Å². The van der Waals surface area contributed by atoms with E-state index in [0.29, 0.717) is 24.2 Å². The standard InChI is InChI=1S/C26H23N5O/c27-18-20-10-12-22(13-11-20)25(32)29-14-16-30(17-15-29)26-28-23-8-4-5-9-24(23)31(26)19-21-6-2-1-3-7-21/h1-13H,14-17,19H2. The quantitative estimate of drug-likeness (QED) is 0.501. The van der Waals surface area contributed by atoms with Crippen molar-refractivity contribution in [2.24, 2.45) is 0 Å². The minimum atomic E-state index is 0.00642. The average molecular weight is 422 g/mol. The molecule has 158 valence electrons. The zero-order valence-electron chi connectivity index (χ0n) is 17.7. The van der Waals surface area contributed by atoms with E-state index in [9.17, 15) is 4.79 Å². The Hall–Kier alpha value is -4.11. The summed E-state index contributed by atoms with van der Waals surface area (Å²) in [4.78, 5) is 22.0. The van der Waals surface area contributed by atoms with E-state index in [0.717, 1.165) is 36.6 Å². The second-order valence-electron chi connectivity index (χ2n) is 7.94. The van der Waals surface area contributed by atoms with Gasteiger partial charge in [0.25, 0.3) is 5.91 Å². The van der Waals surface area contributed by atoms with E-state index in [1.807, 2.05) is 29.2 Å². The largest absolute Gasteiger partial charge is 0.339 e. The van der Waals surface area contributed by atoms with Crippen molar-refractivity contribution in [3.8, 4) is 6.07 Å². The third-order valence-corrected chi connectivity index (χ3v) is 5.93. The van der Waals surface area contributed by atoms with Crippen LogP contribution in [0, 0.1) is 11.3 Å². The highest BCUT2D eigenvalue weighted by molar-refractivity contribution is 5.94. The highest BCUT2D eigenvalue weighted by atomic mass is 16.2. The van der Waals surface area contributed by atoms with Crippen LogP contribution in [0.3, 0.4) is 0 Å². The van der Waals surface area contributed by atoms with Crippen molar-refractivity contribution in [3.05, 3.63) is 95.6 Å². The predicted molar refractivity (Wildman–Crippen MR) is 125 cm³/mol. The van der Waals surface area contributed by atoms with Gasteiger partial charge in [-0.05, 0) is 42.0 Å². The molecule has 1 saturated heterocycles. The van der Waals surface area contributed by atoms with E-state index in [-0.39, 0.29) is 5.91 Å². The van der Waals surface area contributed by atoms with E-state index in [1.165, 1.54) is 5.56 Å². The van der Waals surface area contributed by atoms with Crippen LogP contribution >= 0.6 is 0 Å². The van der Waals surface area contributed by atoms with Gasteiger partial charge in [-0.15, -0.1) is 0 Å². The molecule has 0 aliphatic carbocycles. The van der Waals surface area contributed by atoms with Crippen LogP contribution in [0.2, 0.25) is 0 Å². The summed E-state index contributed by atoms with van der Waals surface area (Å²) in [6.45, 7) is 3.46. The first kappa shape index (κ1) is 19.8. The highest BCUT2D eigenvalue weighted by Gasteiger charge is 2.25. The first-order valence-corrected chi connectivity index (χ1v) is 10.8. The monoisotopic (exact) mass is 421 g/mol. The Kier molecular flexibility index (Phi) is 5.30. The molecule has 1 fully saturated rings. The van der Waals surface area contributed by atoms with Crippen molar-refractivity contribution in [3.63, 3.8) is 0 Å². The molecule has 5 rings (SSSR count). The number of carbonyl (C=O) groups is 1. The molecule has 0 unspecified atom stereocenters. The van der Waals surface area contributed by atoms with Gasteiger partial charge in [0.1, 0.15) is 0 Å². The molecule has 6 nitrogen and oxygen atoms in total. The summed E-state index contributed by atoms with van der Waals surface area (Å²) in [5, 5.41) is 8.96. The fourth-order valence-electron chi connectivity index (χ4n) is 4.21. The number of carbonyl (C=O) groups excluding carboxylic acids is 1. The number of aromatic nitrogens is 2. The average Bonchev–Trinajstić information content (AvgIpc) is 3.23. The maximum Gasteiger partial charge on any atom is 0.253 e. The molecular formula is C26H23N5O. The first-order valence-electron chi connectivity index (χ1n) is 10.8. The van der Waals surface area contributed by atoms with Gasteiger partial charge in [-0.25, -0.2) is 4.98 Å². The normalized spacial score (nSPS) is 13.8. The molecule has 0 N–H and O–H groups in total. The van der Waals surface area contributed by atoms with Gasteiger partial charge < -0.3 is 14.4 Å². The number of benzene rings is 3. The Morgan fingerprint density at radius 2 is 1.56 bits per heavy atom. The number of fused-ring (bicyclic) bond motifs is 1. The molecule has 0 atom stereocenters. The summed E-state index contributed by atoms with van der Waals surface area (Å²) in [6.07, 6.45) is 0. The lowest BCUT2D eigenvalue weighted by Crippen LogP contribution is -2.49. The fourth-order valence-corrected chi connectivity index (χ4v) is 4.21. The van der Waals surface area contributed by atoms with Gasteiger partial charge in [0.15, 0.2) is 0 Å². The zero-order valence-corrected chi connectivity index (χ0v) is 17.7. The van der Waals surface area contributed by atoms with Gasteiger partial charge >= 0.3 is 0 Å². The molecule has 6 heteroatoms. The van der Waals surface area contributed by atoms with Gasteiger partial charge in [0, 0.05) is 31.7 Å². The van der Waals surface area contributed by atoms with Crippen molar-refractivity contribution in [2.75, 3.05) is 31.1 Å². The second kappa shape index (κ2) is 8.56. The van der Waals surface area contributed by atoms with Crippen molar-refractivity contribution in [1.82, 2.24) is 14.5 Å². The van der Waals surface area contributed by atoms with Crippen LogP contribution in [-0.2, 0) is 6.54 Å². The molecule has 1 aromatic heterocycles. The SMILES string of the molecule is N#Cc1ccc(C(=O)N2CCN(c3nc4ccccc4n3Cc3ccccc3)CC2)cc1. The summed E-state index contributed by atoms with van der Waals surface area (Å²) in [5.41, 5.74) is 4.50. The van der Waals surface area contributed by atoms with Crippen LogP contribution in [0.5, 0.6) is 0 Å². The maximum atomic E-state index is 12.9. The van der Waals surface area contributed by atoms with Gasteiger partial charge in [-0.2, -0.15) is 5.26 Å². The molecule has 1 amide bonds. The zero-order chi connectivity index (χ0) is 21.9. The Balaban J connectivity index is 1.36. The van der Waals surface area contributed by atoms with E-state index in [4.69, 9.17) is 10.2 Å². The fraction of sp³-hybridized carbons (Fsp3) is 0.192. The number of imidazole rings is 1. The Bertz CT molecular complexity index is 1280. The summed E-state index contributed by atoms with van der Waals surface area (Å²) in [5.74, 6) is 0.951. The molecular weight excluding hydrogens is 398 g/mol. The number of rotatable bonds is 4. The number of hydrogen-bond acceptors (Lipinski definition) is 4. The number of amides is 1. The Labute approximate surface area is 186 Å². The number of anilines is 1. The van der Waals surface area contributed by atoms with Crippen LogP contribution in [0.1, 0.15) is 21.5 Å². The lowest BCUT2D eigenvalue weighted by atomic mass is 10.1. The van der Waals surface area contributed by atoms with Crippen molar-refractivity contribution >= 4 is 22.9 Å². The Morgan fingerprint density at radius 3 is 2.28 bits per heavy atom. The third-order valence-electron chi connectivity index (χ3n) is 5.93. The smallest absolute Gasteiger partial charge is 0.253 e. The first-order chi connectivity index (χ1) is 15.7. The number of nitriles is 1. The molecule has 0 spiro atoms. The number of nitrogens with zero attached hydrogens (tertiary/aromatic N) is 5. The Morgan fingerprint density at radius 1 is 0.875 bits per heavy atom. The van der Waals surface area contributed by atoms with Crippen LogP contribution in [0.25, 0.3) is 11.0 Å². The van der Waals surface area contributed by atoms with Gasteiger partial charge in [0.05, 0.1) is 29.2 Å². The maximum absolute atomic E-state index is 12.9. The molecule has 0 radical (unpaired) electrons. The van der Waals surface area contributed by atoms with E-state index in [1.54, 1.807) is 24.3 Å². The third kappa shape index (κ3) is 3.81. The van der Waals surface area contributed by atoms with E-state index >= 15 is 0 Å². The molecule has 0 saturated carbocycles. The minimum absolute atomic E-state index is 0.00642. The summed E-state index contributed by atoms with van der Waals surface area (Å²) in [6, 6.07) is 27.5. The van der Waals surface area contributed by atoms with Crippen LogP contribution in [0.4, 0.5) is 5.95 Å². The summed E-state index contributed by atoms with van der Waals surface area (Å²) in [7, 11) is 0. The number of piperazine rings is 1. The molecule has 4 aromatic rings. The number of para-hydroxylation sites is 2. The molecule has 0 bridgehead atoms. The van der Waals surface area contributed by atoms with Crippen molar-refractivity contribution in [1.29, 1.82) is 5.26 Å². The molecule has 32 heavy (non-hydrogen) atoms. The highest BCUT2D eigenvalue weighted by Crippen LogP contribution is 2.25. The summed E-state index contributed by atoms with van der Waals surface area (Å²) < 4.78 is 2.27. The second-order valence-corrected chi connectivity index (χ2v) is 7.94. The van der Waals surface area contributed by atoms with Gasteiger partial charge in [0.2, 0.25) is 5.95 Å². The number of hydrogen-bond donors (Lipinski definition) is 0. The van der Waals surface area contributed by atoms with Crippen molar-refractivity contribution in [2.45, 2.75) is 6.54 Å². The molecule has 1 aliphatic rings. The van der Waals surface area contributed by atoms with Crippen LogP contribution in [-0.4, -0.2) is 46.5 Å². The van der Waals surface area contributed by atoms with Gasteiger partial charge in [-0.1, -0.05) is 42.5 Å². The van der Waals surface area contributed by atoms with Crippen LogP contribution in [0.15, 0.2) is 78.9 Å². The lowest BCUT2D eigenvalue weighted by molar-refractivity contribution is 0.0746. The van der Waals surface area contributed by atoms with E-state index < -0.39 is 0 Å². The van der Waals surface area contributed by atoms with E-state index in [2.05, 4.69) is 45.9 Å². The van der Waals surface area contributed by atoms with Gasteiger partial charge in [-0.3, -0.25) is 4.79 Å². The minimum Gasteiger partial charge on any atom is -0.339 e. The summed E-state index contributed by atoms with van der Waals surface area (Å²) >= 11 is 0. The van der Waals surface area contributed by atoms with Crippen molar-refractivity contribution < 1.29 is 4.79 Å².